The van der Waals surface area contributed by atoms with Gasteiger partial charge in [0.05, 0.1) is 10.7 Å². The van der Waals surface area contributed by atoms with E-state index in [0.717, 1.165) is 0 Å². The fraction of sp³-hybridized carbons (Fsp3) is 0.385. The Balaban J connectivity index is 2.45. The van der Waals surface area contributed by atoms with Crippen molar-refractivity contribution in [3.63, 3.8) is 0 Å². The van der Waals surface area contributed by atoms with E-state index in [0.29, 0.717) is 23.7 Å². The van der Waals surface area contributed by atoms with E-state index in [2.05, 4.69) is 10.6 Å². The Morgan fingerprint density at radius 3 is 2.63 bits per heavy atom. The maximum Gasteiger partial charge on any atom is 0.313 e. The second-order valence-electron chi connectivity index (χ2n) is 4.26. The minimum absolute atomic E-state index is 0.0584. The maximum absolute atomic E-state index is 11.6. The number of para-hydroxylation sites is 1. The lowest BCUT2D eigenvalue weighted by atomic mass is 10.1. The molecule has 0 saturated heterocycles. The molecule has 0 aliphatic heterocycles. The summed E-state index contributed by atoms with van der Waals surface area (Å²) in [6.45, 7) is 2.28. The first kappa shape index (κ1) is 15.5. The highest BCUT2D eigenvalue weighted by molar-refractivity contribution is 6.41. The summed E-state index contributed by atoms with van der Waals surface area (Å²) in [4.78, 5) is 23.1. The summed E-state index contributed by atoms with van der Waals surface area (Å²) < 4.78 is 0. The lowest BCUT2D eigenvalue weighted by Crippen LogP contribution is -2.37. The van der Waals surface area contributed by atoms with Crippen molar-refractivity contribution in [2.75, 3.05) is 18.5 Å². The van der Waals surface area contributed by atoms with Gasteiger partial charge in [-0.15, -0.1) is 0 Å². The number of halogens is 1. The summed E-state index contributed by atoms with van der Waals surface area (Å²) in [7, 11) is 0. The van der Waals surface area contributed by atoms with Gasteiger partial charge in [-0.2, -0.15) is 0 Å². The first-order valence-corrected chi connectivity index (χ1v) is 6.37. The number of benzene rings is 1. The zero-order valence-corrected chi connectivity index (χ0v) is 11.4. The van der Waals surface area contributed by atoms with Crippen LogP contribution in [0.2, 0.25) is 5.02 Å². The molecule has 1 aromatic carbocycles. The molecule has 3 N–H and O–H groups in total. The molecule has 5 nitrogen and oxygen atoms in total. The number of nitrogens with one attached hydrogen (secondary N) is 2. The molecule has 104 valence electrons. The normalized spacial score (nSPS) is 11.7. The topological polar surface area (TPSA) is 78.4 Å². The Bertz CT molecular complexity index is 451. The first-order valence-electron chi connectivity index (χ1n) is 5.99. The van der Waals surface area contributed by atoms with E-state index >= 15 is 0 Å². The third-order valence-corrected chi connectivity index (χ3v) is 2.89. The molecule has 2 amide bonds. The van der Waals surface area contributed by atoms with Crippen LogP contribution in [-0.2, 0) is 9.59 Å². The molecule has 1 aromatic rings. The van der Waals surface area contributed by atoms with Crippen LogP contribution in [0.5, 0.6) is 0 Å². The van der Waals surface area contributed by atoms with Crippen molar-refractivity contribution in [2.24, 2.45) is 5.92 Å². The quantitative estimate of drug-likeness (QED) is 0.716. The van der Waals surface area contributed by atoms with E-state index in [9.17, 15) is 9.59 Å². The largest absolute Gasteiger partial charge is 0.396 e. The summed E-state index contributed by atoms with van der Waals surface area (Å²) in [6, 6.07) is 6.68. The van der Waals surface area contributed by atoms with Crippen LogP contribution in [0.4, 0.5) is 5.69 Å². The number of hydrogen-bond donors (Lipinski definition) is 3. The Hall–Kier alpha value is -1.59. The van der Waals surface area contributed by atoms with Gasteiger partial charge in [-0.1, -0.05) is 30.7 Å². The molecule has 1 rings (SSSR count). The molecule has 1 atom stereocenters. The second kappa shape index (κ2) is 7.76. The summed E-state index contributed by atoms with van der Waals surface area (Å²) in [5.41, 5.74) is 0.396. The van der Waals surface area contributed by atoms with Crippen LogP contribution in [0.15, 0.2) is 24.3 Å². The number of carbonyl (C=O) groups excluding carboxylic acids is 2. The number of hydrogen-bond acceptors (Lipinski definition) is 3. The monoisotopic (exact) mass is 284 g/mol. The number of aliphatic hydroxyl groups is 1. The minimum atomic E-state index is -0.760. The molecule has 0 spiro atoms. The fourth-order valence-corrected chi connectivity index (χ4v) is 1.59. The van der Waals surface area contributed by atoms with Crippen molar-refractivity contribution in [3.8, 4) is 0 Å². The van der Waals surface area contributed by atoms with Crippen LogP contribution in [-0.4, -0.2) is 30.1 Å². The lowest BCUT2D eigenvalue weighted by molar-refractivity contribution is -0.136. The molecular weight excluding hydrogens is 268 g/mol. The van der Waals surface area contributed by atoms with E-state index in [4.69, 9.17) is 16.7 Å². The van der Waals surface area contributed by atoms with Crippen LogP contribution in [0.3, 0.4) is 0 Å². The van der Waals surface area contributed by atoms with Crippen molar-refractivity contribution in [1.82, 2.24) is 5.32 Å². The van der Waals surface area contributed by atoms with Crippen molar-refractivity contribution in [2.45, 2.75) is 13.3 Å². The summed E-state index contributed by atoms with van der Waals surface area (Å²) in [5.74, 6) is -1.36. The SMILES string of the molecule is CC(CCO)CNC(=O)C(=O)Nc1ccccc1Cl. The van der Waals surface area contributed by atoms with Gasteiger partial charge in [0.25, 0.3) is 0 Å². The number of amides is 2. The van der Waals surface area contributed by atoms with Gasteiger partial charge in [-0.3, -0.25) is 9.59 Å². The average Bonchev–Trinajstić information content (AvgIpc) is 2.39. The summed E-state index contributed by atoms with van der Waals surface area (Å²) in [6.07, 6.45) is 0.576. The van der Waals surface area contributed by atoms with Gasteiger partial charge in [0.2, 0.25) is 0 Å². The summed E-state index contributed by atoms with van der Waals surface area (Å²) >= 11 is 5.87. The van der Waals surface area contributed by atoms with Gasteiger partial charge >= 0.3 is 11.8 Å². The number of carbonyl (C=O) groups is 2. The van der Waals surface area contributed by atoms with Crippen LogP contribution in [0, 0.1) is 5.92 Å². The van der Waals surface area contributed by atoms with Crippen LogP contribution in [0.25, 0.3) is 0 Å². The number of anilines is 1. The van der Waals surface area contributed by atoms with Crippen LogP contribution >= 0.6 is 11.6 Å². The van der Waals surface area contributed by atoms with E-state index in [1.54, 1.807) is 24.3 Å². The van der Waals surface area contributed by atoms with Crippen molar-refractivity contribution >= 4 is 29.1 Å². The molecule has 0 heterocycles. The van der Waals surface area contributed by atoms with E-state index < -0.39 is 11.8 Å². The standard InChI is InChI=1S/C13H17ClN2O3/c1-9(6-7-17)8-15-12(18)13(19)16-11-5-3-2-4-10(11)14/h2-5,9,17H,6-8H2,1H3,(H,15,18)(H,16,19). The Labute approximate surface area is 117 Å². The smallest absolute Gasteiger partial charge is 0.313 e. The zero-order chi connectivity index (χ0) is 14.3. The van der Waals surface area contributed by atoms with Gasteiger partial charge in [-0.05, 0) is 24.5 Å². The lowest BCUT2D eigenvalue weighted by Gasteiger charge is -2.11. The van der Waals surface area contributed by atoms with Gasteiger partial charge in [0.1, 0.15) is 0 Å². The van der Waals surface area contributed by atoms with Crippen molar-refractivity contribution in [3.05, 3.63) is 29.3 Å². The predicted molar refractivity (Wildman–Crippen MR) is 74.0 cm³/mol. The Morgan fingerprint density at radius 2 is 2.00 bits per heavy atom. The van der Waals surface area contributed by atoms with E-state index in [1.807, 2.05) is 6.92 Å². The highest BCUT2D eigenvalue weighted by Crippen LogP contribution is 2.20. The zero-order valence-electron chi connectivity index (χ0n) is 10.6. The predicted octanol–water partition coefficient (Wildman–Crippen LogP) is 1.41. The van der Waals surface area contributed by atoms with Crippen molar-refractivity contribution in [1.29, 1.82) is 0 Å². The molecule has 6 heteroatoms. The van der Waals surface area contributed by atoms with Crippen LogP contribution < -0.4 is 10.6 Å². The highest BCUT2D eigenvalue weighted by atomic mass is 35.5. The third-order valence-electron chi connectivity index (χ3n) is 2.56. The minimum Gasteiger partial charge on any atom is -0.396 e. The Morgan fingerprint density at radius 1 is 1.32 bits per heavy atom. The van der Waals surface area contributed by atoms with Crippen molar-refractivity contribution < 1.29 is 14.7 Å². The molecule has 0 aliphatic carbocycles. The van der Waals surface area contributed by atoms with Gasteiger partial charge < -0.3 is 15.7 Å². The fourth-order valence-electron chi connectivity index (χ4n) is 1.41. The maximum atomic E-state index is 11.6. The van der Waals surface area contributed by atoms with E-state index in [-0.39, 0.29) is 12.5 Å². The first-order chi connectivity index (χ1) is 9.04. The molecular formula is C13H17ClN2O3. The van der Waals surface area contributed by atoms with Gasteiger partial charge in [0.15, 0.2) is 0 Å². The molecule has 0 saturated carbocycles. The number of aliphatic hydroxyl groups excluding tert-OH is 1. The average molecular weight is 285 g/mol. The molecule has 0 aromatic heterocycles. The molecule has 0 radical (unpaired) electrons. The third kappa shape index (κ3) is 5.28. The van der Waals surface area contributed by atoms with Crippen LogP contribution in [0.1, 0.15) is 13.3 Å². The second-order valence-corrected chi connectivity index (χ2v) is 4.67. The molecule has 0 fully saturated rings. The highest BCUT2D eigenvalue weighted by Gasteiger charge is 2.15. The molecule has 19 heavy (non-hydrogen) atoms. The molecule has 0 aliphatic rings. The molecule has 1 unspecified atom stereocenters. The molecule has 0 bridgehead atoms. The summed E-state index contributed by atoms with van der Waals surface area (Å²) in [5, 5.41) is 14.0. The Kier molecular flexibility index (Phi) is 6.32. The van der Waals surface area contributed by atoms with E-state index in [1.165, 1.54) is 0 Å². The number of rotatable bonds is 5. The van der Waals surface area contributed by atoms with Gasteiger partial charge in [0, 0.05) is 13.2 Å². The van der Waals surface area contributed by atoms with Gasteiger partial charge in [-0.25, -0.2) is 0 Å².